The van der Waals surface area contributed by atoms with Crippen LogP contribution >= 0.6 is 35.3 Å². The van der Waals surface area contributed by atoms with Gasteiger partial charge in [-0.25, -0.2) is 4.98 Å². The van der Waals surface area contributed by atoms with E-state index in [4.69, 9.17) is 11.6 Å². The fourth-order valence-corrected chi connectivity index (χ4v) is 4.01. The number of fused-ring (bicyclic) bond motifs is 1. The minimum Gasteiger partial charge on any atom is -0.312 e. The van der Waals surface area contributed by atoms with Crippen LogP contribution in [0, 0.1) is 0 Å². The number of rotatable bonds is 4. The van der Waals surface area contributed by atoms with Crippen molar-refractivity contribution < 1.29 is 4.79 Å². The molecule has 0 radical (unpaired) electrons. The second-order valence-electron chi connectivity index (χ2n) is 6.32. The molecule has 0 fully saturated rings. The van der Waals surface area contributed by atoms with Gasteiger partial charge in [0.25, 0.3) is 5.91 Å². The third kappa shape index (κ3) is 4.87. The number of hydrogen-bond acceptors (Lipinski definition) is 4. The van der Waals surface area contributed by atoms with Gasteiger partial charge in [-0.05, 0) is 53.9 Å². The van der Waals surface area contributed by atoms with Crippen molar-refractivity contribution in [2.24, 2.45) is 0 Å². The Morgan fingerprint density at radius 2 is 2.11 bits per heavy atom. The molecule has 27 heavy (non-hydrogen) atoms. The molecule has 4 rings (SSSR count). The first-order valence-electron chi connectivity index (χ1n) is 8.50. The molecule has 0 unspecified atom stereocenters. The monoisotopic (exact) mass is 419 g/mol. The van der Waals surface area contributed by atoms with Gasteiger partial charge >= 0.3 is 0 Å². The van der Waals surface area contributed by atoms with Crippen LogP contribution in [0.2, 0.25) is 5.02 Å². The normalized spacial score (nSPS) is 12.8. The summed E-state index contributed by atoms with van der Waals surface area (Å²) in [6, 6.07) is 13.6. The number of carbonyl (C=O) groups is 1. The van der Waals surface area contributed by atoms with Crippen LogP contribution in [0.3, 0.4) is 0 Å². The highest BCUT2D eigenvalue weighted by Crippen LogP contribution is 2.21. The molecular formula is C20H19Cl2N3OS. The predicted octanol–water partition coefficient (Wildman–Crippen LogP) is 4.71. The predicted molar refractivity (Wildman–Crippen MR) is 113 cm³/mol. The minimum absolute atomic E-state index is 0. The van der Waals surface area contributed by atoms with Crippen LogP contribution in [0.4, 0.5) is 5.13 Å². The van der Waals surface area contributed by atoms with Gasteiger partial charge in [-0.2, -0.15) is 0 Å². The molecule has 0 saturated carbocycles. The van der Waals surface area contributed by atoms with Crippen molar-refractivity contribution >= 4 is 46.4 Å². The quantitative estimate of drug-likeness (QED) is 0.643. The summed E-state index contributed by atoms with van der Waals surface area (Å²) in [5.41, 5.74) is 5.22. The molecule has 0 saturated heterocycles. The van der Waals surface area contributed by atoms with E-state index in [1.165, 1.54) is 22.5 Å². The lowest BCUT2D eigenvalue weighted by Gasteiger charge is -2.17. The van der Waals surface area contributed by atoms with Gasteiger partial charge in [-0.15, -0.1) is 23.7 Å². The molecule has 0 spiro atoms. The first-order chi connectivity index (χ1) is 12.7. The molecular weight excluding hydrogens is 401 g/mol. The smallest absolute Gasteiger partial charge is 0.257 e. The molecule has 2 N–H and O–H groups in total. The summed E-state index contributed by atoms with van der Waals surface area (Å²) < 4.78 is 0. The Hall–Kier alpha value is -1.92. The maximum Gasteiger partial charge on any atom is 0.257 e. The summed E-state index contributed by atoms with van der Waals surface area (Å²) in [6.45, 7) is 1.83. The maximum atomic E-state index is 12.5. The van der Waals surface area contributed by atoms with Crippen LogP contribution in [-0.4, -0.2) is 17.4 Å². The van der Waals surface area contributed by atoms with E-state index < -0.39 is 0 Å². The number of hydrogen-bond donors (Lipinski definition) is 2. The molecule has 3 aromatic rings. The molecule has 0 atom stereocenters. The van der Waals surface area contributed by atoms with Crippen molar-refractivity contribution in [1.82, 2.24) is 10.3 Å². The largest absolute Gasteiger partial charge is 0.312 e. The lowest BCUT2D eigenvalue weighted by Crippen LogP contribution is -2.24. The average Bonchev–Trinajstić information content (AvgIpc) is 3.08. The highest BCUT2D eigenvalue weighted by molar-refractivity contribution is 7.14. The summed E-state index contributed by atoms with van der Waals surface area (Å²) in [4.78, 5) is 17.1. The number of anilines is 1. The van der Waals surface area contributed by atoms with Crippen molar-refractivity contribution in [2.45, 2.75) is 19.4 Å². The number of nitrogens with one attached hydrogen (secondary N) is 2. The third-order valence-corrected chi connectivity index (χ3v) is 5.44. The number of halogens is 2. The van der Waals surface area contributed by atoms with Crippen LogP contribution in [0.15, 0.2) is 47.8 Å². The van der Waals surface area contributed by atoms with Crippen LogP contribution < -0.4 is 10.6 Å². The summed E-state index contributed by atoms with van der Waals surface area (Å²) in [7, 11) is 0. The summed E-state index contributed by atoms with van der Waals surface area (Å²) in [5.74, 6) is -0.116. The average molecular weight is 420 g/mol. The van der Waals surface area contributed by atoms with Gasteiger partial charge in [0.05, 0.1) is 5.69 Å². The Labute approximate surface area is 173 Å². The van der Waals surface area contributed by atoms with E-state index in [9.17, 15) is 4.79 Å². The van der Waals surface area contributed by atoms with Crippen LogP contribution in [0.25, 0.3) is 0 Å². The standard InChI is InChI=1S/C20H18ClN3OS.ClH/c21-17-3-1-2-13(8-17)9-18-12-26-20(23-18)24-19(25)15-4-5-16-11-22-7-6-14(16)10-15;/h1-5,8,10,12,22H,6-7,9,11H2,(H,23,24,25);1H. The highest BCUT2D eigenvalue weighted by atomic mass is 35.5. The van der Waals surface area contributed by atoms with Crippen molar-refractivity contribution in [2.75, 3.05) is 11.9 Å². The SMILES string of the molecule is Cl.O=C(Nc1nc(Cc2cccc(Cl)c2)cs1)c1ccc2c(c1)CCNC2. The Morgan fingerprint density at radius 3 is 2.96 bits per heavy atom. The molecule has 1 amide bonds. The molecule has 0 aliphatic carbocycles. The van der Waals surface area contributed by atoms with Gasteiger partial charge in [0, 0.05) is 28.9 Å². The minimum atomic E-state index is -0.116. The first-order valence-corrected chi connectivity index (χ1v) is 9.76. The molecule has 0 bridgehead atoms. The topological polar surface area (TPSA) is 54.0 Å². The Balaban J connectivity index is 0.00000210. The number of carbonyl (C=O) groups excluding carboxylic acids is 1. The molecule has 1 aromatic heterocycles. The maximum absolute atomic E-state index is 12.5. The van der Waals surface area contributed by atoms with Gasteiger partial charge in [0.2, 0.25) is 0 Å². The van der Waals surface area contributed by atoms with E-state index in [-0.39, 0.29) is 18.3 Å². The first kappa shape index (κ1) is 19.8. The van der Waals surface area contributed by atoms with E-state index in [1.807, 2.05) is 47.8 Å². The number of benzene rings is 2. The van der Waals surface area contributed by atoms with Gasteiger partial charge in [0.15, 0.2) is 5.13 Å². The molecule has 1 aliphatic rings. The van der Waals surface area contributed by atoms with E-state index >= 15 is 0 Å². The van der Waals surface area contributed by atoms with Gasteiger partial charge < -0.3 is 5.32 Å². The zero-order chi connectivity index (χ0) is 17.9. The number of thiazole rings is 1. The molecule has 7 heteroatoms. The molecule has 2 aromatic carbocycles. The number of aromatic nitrogens is 1. The lowest BCUT2D eigenvalue weighted by molar-refractivity contribution is 0.102. The summed E-state index contributed by atoms with van der Waals surface area (Å²) in [5, 5.41) is 9.55. The van der Waals surface area contributed by atoms with Crippen molar-refractivity contribution in [3.8, 4) is 0 Å². The van der Waals surface area contributed by atoms with Gasteiger partial charge in [-0.3, -0.25) is 10.1 Å². The molecule has 140 valence electrons. The zero-order valence-electron chi connectivity index (χ0n) is 14.5. The second kappa shape index (κ2) is 8.85. The summed E-state index contributed by atoms with van der Waals surface area (Å²) in [6.07, 6.45) is 1.65. The molecule has 4 nitrogen and oxygen atoms in total. The Bertz CT molecular complexity index is 958. The molecule has 2 heterocycles. The van der Waals surface area contributed by atoms with Crippen LogP contribution in [0.5, 0.6) is 0 Å². The van der Waals surface area contributed by atoms with E-state index in [0.717, 1.165) is 30.8 Å². The summed E-state index contributed by atoms with van der Waals surface area (Å²) >= 11 is 7.46. The lowest BCUT2D eigenvalue weighted by atomic mass is 9.98. The van der Waals surface area contributed by atoms with Crippen molar-refractivity contribution in [3.63, 3.8) is 0 Å². The fraction of sp³-hybridized carbons (Fsp3) is 0.200. The van der Waals surface area contributed by atoms with Crippen LogP contribution in [0.1, 0.15) is 32.7 Å². The highest BCUT2D eigenvalue weighted by Gasteiger charge is 2.14. The Kier molecular flexibility index (Phi) is 6.50. The Morgan fingerprint density at radius 1 is 1.22 bits per heavy atom. The molecule has 1 aliphatic heterocycles. The van der Waals surface area contributed by atoms with Gasteiger partial charge in [0.1, 0.15) is 0 Å². The van der Waals surface area contributed by atoms with Gasteiger partial charge in [-0.1, -0.05) is 29.8 Å². The van der Waals surface area contributed by atoms with E-state index in [0.29, 0.717) is 22.1 Å². The van der Waals surface area contributed by atoms with Crippen molar-refractivity contribution in [3.05, 3.63) is 80.8 Å². The second-order valence-corrected chi connectivity index (χ2v) is 7.61. The van der Waals surface area contributed by atoms with E-state index in [1.54, 1.807) is 0 Å². The number of amides is 1. The zero-order valence-corrected chi connectivity index (χ0v) is 16.9. The fourth-order valence-electron chi connectivity index (χ4n) is 3.09. The third-order valence-electron chi connectivity index (χ3n) is 4.40. The van der Waals surface area contributed by atoms with Crippen molar-refractivity contribution in [1.29, 1.82) is 0 Å². The van der Waals surface area contributed by atoms with Crippen LogP contribution in [-0.2, 0) is 19.4 Å². The number of nitrogens with zero attached hydrogens (tertiary/aromatic N) is 1. The van der Waals surface area contributed by atoms with E-state index in [2.05, 4.69) is 15.6 Å².